The second kappa shape index (κ2) is 11.9. The fourth-order valence-electron chi connectivity index (χ4n) is 3.82. The molecule has 2 fully saturated rings. The Morgan fingerprint density at radius 2 is 1.93 bits per heavy atom. The maximum absolute atomic E-state index is 12.2. The second-order valence-electron chi connectivity index (χ2n) is 7.88. The van der Waals surface area contributed by atoms with Crippen LogP contribution in [0.4, 0.5) is 0 Å². The number of aliphatic imine (C=N–C) groups is 1. The summed E-state index contributed by atoms with van der Waals surface area (Å²) >= 11 is 0. The van der Waals surface area contributed by atoms with E-state index in [9.17, 15) is 4.79 Å². The van der Waals surface area contributed by atoms with Crippen molar-refractivity contribution in [2.24, 2.45) is 4.99 Å². The van der Waals surface area contributed by atoms with Crippen molar-refractivity contribution in [1.82, 2.24) is 15.5 Å². The highest BCUT2D eigenvalue weighted by Crippen LogP contribution is 2.21. The molecule has 0 spiro atoms. The van der Waals surface area contributed by atoms with Gasteiger partial charge in [-0.25, -0.2) is 4.99 Å². The number of guanidine groups is 1. The van der Waals surface area contributed by atoms with Crippen LogP contribution in [0.3, 0.4) is 0 Å². The third-order valence-corrected chi connectivity index (χ3v) is 5.55. The number of carbonyl (C=O) groups is 1. The van der Waals surface area contributed by atoms with Crippen LogP contribution in [0.15, 0.2) is 29.3 Å². The number of hydrogen-bond acceptors (Lipinski definition) is 4. The number of nitrogens with one attached hydrogen (secondary N) is 2. The number of unbranched alkanes of at least 4 members (excludes halogenated alkanes) is 1. The molecule has 2 atom stereocenters. The Morgan fingerprint density at radius 3 is 2.63 bits per heavy atom. The van der Waals surface area contributed by atoms with Gasteiger partial charge in [0.25, 0.3) is 5.91 Å². The maximum Gasteiger partial charge on any atom is 0.251 e. The molecule has 1 amide bonds. The SMILES string of the molecule is CCCCNC(=O)c1ccc(CN=C(NCC)N2CCOC(C3CCCO3)C2)cc1. The Kier molecular flexibility index (Phi) is 8.96. The van der Waals surface area contributed by atoms with Gasteiger partial charge in [-0.3, -0.25) is 4.79 Å². The zero-order chi connectivity index (χ0) is 21.2. The van der Waals surface area contributed by atoms with Gasteiger partial charge >= 0.3 is 0 Å². The van der Waals surface area contributed by atoms with Crippen molar-refractivity contribution in [3.8, 4) is 0 Å². The largest absolute Gasteiger partial charge is 0.375 e. The van der Waals surface area contributed by atoms with Crippen molar-refractivity contribution in [1.29, 1.82) is 0 Å². The third-order valence-electron chi connectivity index (χ3n) is 5.55. The number of nitrogens with zero attached hydrogens (tertiary/aromatic N) is 2. The van der Waals surface area contributed by atoms with Crippen molar-refractivity contribution in [3.63, 3.8) is 0 Å². The molecule has 0 aromatic heterocycles. The molecule has 2 aliphatic heterocycles. The van der Waals surface area contributed by atoms with Gasteiger partial charge < -0.3 is 25.0 Å². The van der Waals surface area contributed by atoms with Crippen LogP contribution in [0.2, 0.25) is 0 Å². The number of rotatable bonds is 8. The molecule has 2 heterocycles. The minimum atomic E-state index is -0.0136. The van der Waals surface area contributed by atoms with Crippen molar-refractivity contribution < 1.29 is 14.3 Å². The van der Waals surface area contributed by atoms with E-state index < -0.39 is 0 Å². The van der Waals surface area contributed by atoms with Gasteiger partial charge in [0.2, 0.25) is 0 Å². The van der Waals surface area contributed by atoms with E-state index in [1.54, 1.807) is 0 Å². The van der Waals surface area contributed by atoms with Gasteiger partial charge in [0.15, 0.2) is 5.96 Å². The van der Waals surface area contributed by atoms with Crippen molar-refractivity contribution in [3.05, 3.63) is 35.4 Å². The third kappa shape index (κ3) is 6.44. The van der Waals surface area contributed by atoms with Crippen molar-refractivity contribution in [2.45, 2.75) is 58.3 Å². The molecule has 1 aromatic carbocycles. The molecule has 166 valence electrons. The Balaban J connectivity index is 1.58. The van der Waals surface area contributed by atoms with Crippen molar-refractivity contribution >= 4 is 11.9 Å². The number of hydrogen-bond donors (Lipinski definition) is 2. The molecule has 0 aliphatic carbocycles. The van der Waals surface area contributed by atoms with Crippen LogP contribution in [0.1, 0.15) is 55.5 Å². The predicted octanol–water partition coefficient (Wildman–Crippen LogP) is 2.56. The quantitative estimate of drug-likeness (QED) is 0.387. The summed E-state index contributed by atoms with van der Waals surface area (Å²) in [5, 5.41) is 6.36. The first kappa shape index (κ1) is 22.6. The standard InChI is InChI=1S/C23H36N4O3/c1-3-5-12-25-22(28)19-10-8-18(9-11-19)16-26-23(24-4-2)27-13-15-30-21(17-27)20-7-6-14-29-20/h8-11,20-21H,3-7,12-17H2,1-2H3,(H,24,26)(H,25,28). The summed E-state index contributed by atoms with van der Waals surface area (Å²) in [6.07, 6.45) is 4.57. The van der Waals surface area contributed by atoms with Gasteiger partial charge in [-0.2, -0.15) is 0 Å². The van der Waals surface area contributed by atoms with Crippen LogP contribution in [-0.4, -0.2) is 68.4 Å². The van der Waals surface area contributed by atoms with E-state index >= 15 is 0 Å². The van der Waals surface area contributed by atoms with E-state index in [1.165, 1.54) is 0 Å². The molecule has 2 aliphatic rings. The normalized spacial score (nSPS) is 22.2. The van der Waals surface area contributed by atoms with Gasteiger partial charge in [0.1, 0.15) is 6.10 Å². The number of benzene rings is 1. The van der Waals surface area contributed by atoms with E-state index in [-0.39, 0.29) is 18.1 Å². The molecule has 3 rings (SSSR count). The molecule has 7 nitrogen and oxygen atoms in total. The number of ether oxygens (including phenoxy) is 2. The van der Waals surface area contributed by atoms with Crippen molar-refractivity contribution in [2.75, 3.05) is 39.4 Å². The first-order valence-corrected chi connectivity index (χ1v) is 11.3. The van der Waals surface area contributed by atoms with E-state index in [4.69, 9.17) is 14.5 Å². The highest BCUT2D eigenvalue weighted by atomic mass is 16.5. The fourth-order valence-corrected chi connectivity index (χ4v) is 3.82. The van der Waals surface area contributed by atoms with E-state index in [2.05, 4.69) is 29.4 Å². The molecular formula is C23H36N4O3. The van der Waals surface area contributed by atoms with Crippen LogP contribution in [0, 0.1) is 0 Å². The molecule has 0 bridgehead atoms. The Labute approximate surface area is 180 Å². The smallest absolute Gasteiger partial charge is 0.251 e. The maximum atomic E-state index is 12.2. The average molecular weight is 417 g/mol. The second-order valence-corrected chi connectivity index (χ2v) is 7.88. The lowest BCUT2D eigenvalue weighted by Gasteiger charge is -2.37. The monoisotopic (exact) mass is 416 g/mol. The first-order chi connectivity index (χ1) is 14.7. The molecule has 2 unspecified atom stereocenters. The van der Waals surface area contributed by atoms with Gasteiger partial charge in [0, 0.05) is 38.3 Å². The minimum absolute atomic E-state index is 0.0136. The molecule has 7 heteroatoms. The minimum Gasteiger partial charge on any atom is -0.375 e. The topological polar surface area (TPSA) is 75.2 Å². The Bertz CT molecular complexity index is 686. The molecule has 2 N–H and O–H groups in total. The highest BCUT2D eigenvalue weighted by molar-refractivity contribution is 5.94. The van der Waals surface area contributed by atoms with E-state index in [1.807, 2.05) is 24.3 Å². The summed E-state index contributed by atoms with van der Waals surface area (Å²) in [5.74, 6) is 0.894. The summed E-state index contributed by atoms with van der Waals surface area (Å²) in [6, 6.07) is 7.72. The molecule has 0 saturated carbocycles. The number of morpholine rings is 1. The molecule has 1 aromatic rings. The lowest BCUT2D eigenvalue weighted by molar-refractivity contribution is -0.0817. The summed E-state index contributed by atoms with van der Waals surface area (Å²) in [7, 11) is 0. The van der Waals surface area contributed by atoms with Gasteiger partial charge in [-0.1, -0.05) is 25.5 Å². The number of carbonyl (C=O) groups excluding carboxylic acids is 1. The molecular weight excluding hydrogens is 380 g/mol. The Hall–Kier alpha value is -2.12. The summed E-state index contributed by atoms with van der Waals surface area (Å²) in [6.45, 7) is 9.46. The predicted molar refractivity (Wildman–Crippen MR) is 119 cm³/mol. The average Bonchev–Trinajstić information content (AvgIpc) is 3.32. The summed E-state index contributed by atoms with van der Waals surface area (Å²) < 4.78 is 11.8. The van der Waals surface area contributed by atoms with Gasteiger partial charge in [0.05, 0.1) is 19.3 Å². The molecule has 0 radical (unpaired) electrons. The van der Waals surface area contributed by atoms with E-state index in [0.717, 1.165) is 70.0 Å². The number of amides is 1. The molecule has 2 saturated heterocycles. The zero-order valence-electron chi connectivity index (χ0n) is 18.4. The highest BCUT2D eigenvalue weighted by Gasteiger charge is 2.32. The summed E-state index contributed by atoms with van der Waals surface area (Å²) in [5.41, 5.74) is 1.78. The van der Waals surface area contributed by atoms with Crippen LogP contribution >= 0.6 is 0 Å². The molecule has 30 heavy (non-hydrogen) atoms. The lowest BCUT2D eigenvalue weighted by Crippen LogP contribution is -2.53. The van der Waals surface area contributed by atoms with Crippen LogP contribution < -0.4 is 10.6 Å². The lowest BCUT2D eigenvalue weighted by atomic mass is 10.1. The van der Waals surface area contributed by atoms with Crippen LogP contribution in [0.5, 0.6) is 0 Å². The van der Waals surface area contributed by atoms with E-state index in [0.29, 0.717) is 18.7 Å². The first-order valence-electron chi connectivity index (χ1n) is 11.3. The van der Waals surface area contributed by atoms with Gasteiger partial charge in [-0.15, -0.1) is 0 Å². The zero-order valence-corrected chi connectivity index (χ0v) is 18.4. The van der Waals surface area contributed by atoms with Crippen LogP contribution in [-0.2, 0) is 16.0 Å². The summed E-state index contributed by atoms with van der Waals surface area (Å²) in [4.78, 5) is 19.3. The Morgan fingerprint density at radius 1 is 1.13 bits per heavy atom. The van der Waals surface area contributed by atoms with Gasteiger partial charge in [-0.05, 0) is 43.9 Å². The fraction of sp³-hybridized carbons (Fsp3) is 0.652. The van der Waals surface area contributed by atoms with Crippen LogP contribution in [0.25, 0.3) is 0 Å².